The van der Waals surface area contributed by atoms with Crippen molar-refractivity contribution in [1.82, 2.24) is 10.6 Å². The second-order valence-electron chi connectivity index (χ2n) is 4.84. The van der Waals surface area contributed by atoms with Gasteiger partial charge in [-0.2, -0.15) is 0 Å². The van der Waals surface area contributed by atoms with Crippen molar-refractivity contribution in [2.75, 3.05) is 13.1 Å². The first-order valence-corrected chi connectivity index (χ1v) is 6.48. The Bertz CT molecular complexity index is 426. The van der Waals surface area contributed by atoms with Crippen LogP contribution in [-0.2, 0) is 0 Å². The van der Waals surface area contributed by atoms with Crippen molar-refractivity contribution in [3.8, 4) is 5.75 Å². The van der Waals surface area contributed by atoms with E-state index in [9.17, 15) is 9.90 Å². The van der Waals surface area contributed by atoms with Gasteiger partial charge in [-0.1, -0.05) is 0 Å². The van der Waals surface area contributed by atoms with Crippen LogP contribution in [-0.4, -0.2) is 30.1 Å². The van der Waals surface area contributed by atoms with Crippen LogP contribution in [0.5, 0.6) is 5.75 Å². The molecule has 1 atom stereocenters. The molecule has 1 heterocycles. The molecule has 1 amide bonds. The fraction of sp³-hybridized carbons (Fsp3) is 0.500. The Labute approximate surface area is 107 Å². The number of benzene rings is 1. The average Bonchev–Trinajstić information content (AvgIpc) is 2.81. The van der Waals surface area contributed by atoms with Gasteiger partial charge in [0.2, 0.25) is 0 Å². The highest BCUT2D eigenvalue weighted by Gasteiger charge is 2.14. The van der Waals surface area contributed by atoms with Crippen molar-refractivity contribution in [3.63, 3.8) is 0 Å². The van der Waals surface area contributed by atoms with Gasteiger partial charge in [0.05, 0.1) is 0 Å². The molecule has 4 heteroatoms. The van der Waals surface area contributed by atoms with Crippen LogP contribution >= 0.6 is 0 Å². The normalized spacial score (nSPS) is 18.8. The molecule has 1 saturated heterocycles. The SMILES string of the molecule is Cc1cc(O)ccc1C(=O)NCCC1CCCN1. The van der Waals surface area contributed by atoms with Crippen LogP contribution in [0.1, 0.15) is 35.2 Å². The summed E-state index contributed by atoms with van der Waals surface area (Å²) in [4.78, 5) is 11.9. The minimum atomic E-state index is -0.0644. The molecule has 0 radical (unpaired) electrons. The minimum absolute atomic E-state index is 0.0644. The van der Waals surface area contributed by atoms with Gasteiger partial charge in [-0.25, -0.2) is 0 Å². The Morgan fingerprint density at radius 1 is 1.56 bits per heavy atom. The summed E-state index contributed by atoms with van der Waals surface area (Å²) in [5.74, 6) is 0.129. The van der Waals surface area contributed by atoms with Crippen LogP contribution in [0.3, 0.4) is 0 Å². The van der Waals surface area contributed by atoms with Crippen LogP contribution < -0.4 is 10.6 Å². The predicted octanol–water partition coefficient (Wildman–Crippen LogP) is 1.57. The number of phenols is 1. The summed E-state index contributed by atoms with van der Waals surface area (Å²) in [6.45, 7) is 3.61. The Kier molecular flexibility index (Phi) is 4.20. The Balaban J connectivity index is 1.83. The highest BCUT2D eigenvalue weighted by atomic mass is 16.3. The summed E-state index contributed by atoms with van der Waals surface area (Å²) in [6.07, 6.45) is 3.41. The first-order chi connectivity index (χ1) is 8.66. The van der Waals surface area contributed by atoms with Crippen molar-refractivity contribution >= 4 is 5.91 Å². The second-order valence-corrected chi connectivity index (χ2v) is 4.84. The average molecular weight is 248 g/mol. The van der Waals surface area contributed by atoms with Gasteiger partial charge >= 0.3 is 0 Å². The molecule has 98 valence electrons. The summed E-state index contributed by atoms with van der Waals surface area (Å²) < 4.78 is 0. The molecule has 3 N–H and O–H groups in total. The number of hydrogen-bond acceptors (Lipinski definition) is 3. The first-order valence-electron chi connectivity index (χ1n) is 6.48. The van der Waals surface area contributed by atoms with E-state index in [0.717, 1.165) is 18.5 Å². The highest BCUT2D eigenvalue weighted by molar-refractivity contribution is 5.95. The van der Waals surface area contributed by atoms with E-state index in [4.69, 9.17) is 0 Å². The number of carbonyl (C=O) groups excluding carboxylic acids is 1. The van der Waals surface area contributed by atoms with Gasteiger partial charge in [0.25, 0.3) is 5.91 Å². The van der Waals surface area contributed by atoms with Gasteiger partial charge in [0.1, 0.15) is 5.75 Å². The molecule has 2 rings (SSSR count). The highest BCUT2D eigenvalue weighted by Crippen LogP contribution is 2.15. The summed E-state index contributed by atoms with van der Waals surface area (Å²) in [5.41, 5.74) is 1.43. The number of aryl methyl sites for hydroxylation is 1. The number of phenolic OH excluding ortho intramolecular Hbond substituents is 1. The summed E-state index contributed by atoms with van der Waals surface area (Å²) in [7, 11) is 0. The fourth-order valence-corrected chi connectivity index (χ4v) is 2.36. The van der Waals surface area contributed by atoms with Crippen LogP contribution in [0.2, 0.25) is 0 Å². The number of rotatable bonds is 4. The maximum atomic E-state index is 11.9. The molecule has 0 aliphatic carbocycles. The van der Waals surface area contributed by atoms with Gasteiger partial charge in [-0.3, -0.25) is 4.79 Å². The zero-order chi connectivity index (χ0) is 13.0. The van der Waals surface area contributed by atoms with Gasteiger partial charge < -0.3 is 15.7 Å². The number of aromatic hydroxyl groups is 1. The van der Waals surface area contributed by atoms with E-state index in [0.29, 0.717) is 18.2 Å². The number of carbonyl (C=O) groups is 1. The number of nitrogens with one attached hydrogen (secondary N) is 2. The molecule has 1 fully saturated rings. The monoisotopic (exact) mass is 248 g/mol. The summed E-state index contributed by atoms with van der Waals surface area (Å²) in [6, 6.07) is 5.35. The van der Waals surface area contributed by atoms with Crippen molar-refractivity contribution in [3.05, 3.63) is 29.3 Å². The van der Waals surface area contributed by atoms with Gasteiger partial charge in [-0.15, -0.1) is 0 Å². The molecular formula is C14H20N2O2. The van der Waals surface area contributed by atoms with Gasteiger partial charge in [0, 0.05) is 18.2 Å². The zero-order valence-corrected chi connectivity index (χ0v) is 10.7. The lowest BCUT2D eigenvalue weighted by atomic mass is 10.1. The standard InChI is InChI=1S/C14H20N2O2/c1-10-9-12(17)4-5-13(10)14(18)16-8-6-11-3-2-7-15-11/h4-5,9,11,15,17H,2-3,6-8H2,1H3,(H,16,18). The van der Waals surface area contributed by atoms with E-state index in [-0.39, 0.29) is 11.7 Å². The van der Waals surface area contributed by atoms with E-state index in [1.54, 1.807) is 18.2 Å². The van der Waals surface area contributed by atoms with Crippen LogP contribution in [0, 0.1) is 6.92 Å². The van der Waals surface area contributed by atoms with Crippen LogP contribution in [0.15, 0.2) is 18.2 Å². The molecule has 0 saturated carbocycles. The quantitative estimate of drug-likeness (QED) is 0.758. The molecule has 4 nitrogen and oxygen atoms in total. The molecule has 0 bridgehead atoms. The maximum absolute atomic E-state index is 11.9. The van der Waals surface area contributed by atoms with Crippen molar-refractivity contribution in [2.45, 2.75) is 32.2 Å². The second kappa shape index (κ2) is 5.87. The maximum Gasteiger partial charge on any atom is 0.251 e. The van der Waals surface area contributed by atoms with Crippen LogP contribution in [0.25, 0.3) is 0 Å². The zero-order valence-electron chi connectivity index (χ0n) is 10.7. The first kappa shape index (κ1) is 12.9. The van der Waals surface area contributed by atoms with E-state index < -0.39 is 0 Å². The number of amides is 1. The largest absolute Gasteiger partial charge is 0.508 e. The molecule has 1 aliphatic rings. The smallest absolute Gasteiger partial charge is 0.251 e. The third-order valence-electron chi connectivity index (χ3n) is 3.40. The van der Waals surface area contributed by atoms with E-state index in [1.165, 1.54) is 12.8 Å². The molecular weight excluding hydrogens is 228 g/mol. The topological polar surface area (TPSA) is 61.4 Å². The van der Waals surface area contributed by atoms with Crippen LogP contribution in [0.4, 0.5) is 0 Å². The summed E-state index contributed by atoms with van der Waals surface area (Å²) in [5, 5.41) is 15.6. The lowest BCUT2D eigenvalue weighted by molar-refractivity contribution is 0.0951. The third-order valence-corrected chi connectivity index (χ3v) is 3.40. The Morgan fingerprint density at radius 3 is 3.06 bits per heavy atom. The van der Waals surface area contributed by atoms with E-state index in [2.05, 4.69) is 10.6 Å². The molecule has 1 aromatic carbocycles. The van der Waals surface area contributed by atoms with Crippen molar-refractivity contribution < 1.29 is 9.90 Å². The third kappa shape index (κ3) is 3.23. The number of hydrogen-bond donors (Lipinski definition) is 3. The molecule has 1 unspecified atom stereocenters. The summed E-state index contributed by atoms with van der Waals surface area (Å²) >= 11 is 0. The lowest BCUT2D eigenvalue weighted by Crippen LogP contribution is -2.30. The lowest BCUT2D eigenvalue weighted by Gasteiger charge is -2.11. The van der Waals surface area contributed by atoms with Crippen molar-refractivity contribution in [1.29, 1.82) is 0 Å². The molecule has 1 aliphatic heterocycles. The van der Waals surface area contributed by atoms with E-state index >= 15 is 0 Å². The van der Waals surface area contributed by atoms with Gasteiger partial charge in [-0.05, 0) is 56.5 Å². The molecule has 0 aromatic heterocycles. The fourth-order valence-electron chi connectivity index (χ4n) is 2.36. The van der Waals surface area contributed by atoms with E-state index in [1.807, 2.05) is 6.92 Å². The van der Waals surface area contributed by atoms with Gasteiger partial charge in [0.15, 0.2) is 0 Å². The molecule has 0 spiro atoms. The Hall–Kier alpha value is -1.55. The minimum Gasteiger partial charge on any atom is -0.508 e. The predicted molar refractivity (Wildman–Crippen MR) is 70.8 cm³/mol. The molecule has 18 heavy (non-hydrogen) atoms. The Morgan fingerprint density at radius 2 is 2.39 bits per heavy atom. The van der Waals surface area contributed by atoms with Crippen molar-refractivity contribution in [2.24, 2.45) is 0 Å². The molecule has 1 aromatic rings.